The Bertz CT molecular complexity index is 476. The number of hydrogen-bond donors (Lipinski definition) is 1. The second-order valence-electron chi connectivity index (χ2n) is 3.50. The first-order chi connectivity index (χ1) is 7.16. The molecule has 1 heterocycles. The van der Waals surface area contributed by atoms with Gasteiger partial charge in [0.15, 0.2) is 5.95 Å². The maximum Gasteiger partial charge on any atom is 0.200 e. The van der Waals surface area contributed by atoms with Crippen molar-refractivity contribution in [2.75, 3.05) is 5.73 Å². The van der Waals surface area contributed by atoms with E-state index < -0.39 is 0 Å². The van der Waals surface area contributed by atoms with Crippen LogP contribution in [-0.4, -0.2) is 9.55 Å². The van der Waals surface area contributed by atoms with E-state index in [4.69, 9.17) is 5.73 Å². The molecule has 0 saturated carbocycles. The maximum atomic E-state index is 13.3. The largest absolute Gasteiger partial charge is 0.369 e. The molecule has 0 bridgehead atoms. The summed E-state index contributed by atoms with van der Waals surface area (Å²) in [4.78, 5) is 3.90. The molecular weight excluding hydrogens is 193 g/mol. The monoisotopic (exact) mass is 205 g/mol. The third kappa shape index (κ3) is 1.98. The van der Waals surface area contributed by atoms with Crippen LogP contribution in [0.25, 0.3) is 0 Å². The number of anilines is 1. The molecule has 15 heavy (non-hydrogen) atoms. The van der Waals surface area contributed by atoms with Crippen LogP contribution < -0.4 is 5.73 Å². The topological polar surface area (TPSA) is 43.8 Å². The minimum atomic E-state index is -0.189. The molecule has 0 aliphatic carbocycles. The molecule has 0 amide bonds. The smallest absolute Gasteiger partial charge is 0.200 e. The summed E-state index contributed by atoms with van der Waals surface area (Å²) in [6.45, 7) is 2.29. The lowest BCUT2D eigenvalue weighted by atomic mass is 10.1. The molecule has 2 aromatic rings. The standard InChI is InChI=1S/C11H12FN3/c1-8-2-3-9(6-10(8)12)7-15-5-4-14-11(15)13/h2-6H,7H2,1H3,(H2,13,14). The summed E-state index contributed by atoms with van der Waals surface area (Å²) in [7, 11) is 0. The molecule has 2 rings (SSSR count). The fourth-order valence-electron chi connectivity index (χ4n) is 1.41. The van der Waals surface area contributed by atoms with Gasteiger partial charge in [-0.15, -0.1) is 0 Å². The second-order valence-corrected chi connectivity index (χ2v) is 3.50. The molecular formula is C11H12FN3. The van der Waals surface area contributed by atoms with Gasteiger partial charge in [0.05, 0.1) is 6.54 Å². The highest BCUT2D eigenvalue weighted by atomic mass is 19.1. The summed E-state index contributed by atoms with van der Waals surface area (Å²) >= 11 is 0. The lowest BCUT2D eigenvalue weighted by Crippen LogP contribution is -2.04. The number of nitrogens with zero attached hydrogens (tertiary/aromatic N) is 2. The van der Waals surface area contributed by atoms with E-state index >= 15 is 0 Å². The first-order valence-corrected chi connectivity index (χ1v) is 4.68. The fourth-order valence-corrected chi connectivity index (χ4v) is 1.41. The number of aromatic nitrogens is 2. The van der Waals surface area contributed by atoms with E-state index in [2.05, 4.69) is 4.98 Å². The van der Waals surface area contributed by atoms with Crippen molar-refractivity contribution in [2.45, 2.75) is 13.5 Å². The minimum absolute atomic E-state index is 0.189. The molecule has 0 radical (unpaired) electrons. The summed E-state index contributed by atoms with van der Waals surface area (Å²) in [6, 6.07) is 5.17. The Morgan fingerprint density at radius 2 is 2.27 bits per heavy atom. The van der Waals surface area contributed by atoms with Gasteiger partial charge >= 0.3 is 0 Å². The average Bonchev–Trinajstić information content (AvgIpc) is 2.59. The van der Waals surface area contributed by atoms with E-state index in [0.717, 1.165) is 5.56 Å². The van der Waals surface area contributed by atoms with Crippen LogP contribution in [0.15, 0.2) is 30.6 Å². The van der Waals surface area contributed by atoms with Crippen molar-refractivity contribution in [2.24, 2.45) is 0 Å². The zero-order valence-electron chi connectivity index (χ0n) is 8.44. The molecule has 0 unspecified atom stereocenters. The molecule has 1 aromatic heterocycles. The zero-order valence-corrected chi connectivity index (χ0v) is 8.44. The highest BCUT2D eigenvalue weighted by molar-refractivity contribution is 5.26. The average molecular weight is 205 g/mol. The highest BCUT2D eigenvalue weighted by Gasteiger charge is 2.02. The molecule has 0 aliphatic heterocycles. The van der Waals surface area contributed by atoms with Gasteiger partial charge in [-0.25, -0.2) is 9.37 Å². The van der Waals surface area contributed by atoms with Gasteiger partial charge in [0, 0.05) is 12.4 Å². The molecule has 2 N–H and O–H groups in total. The molecule has 78 valence electrons. The summed E-state index contributed by atoms with van der Waals surface area (Å²) in [5.41, 5.74) is 7.14. The van der Waals surface area contributed by atoms with Crippen LogP contribution >= 0.6 is 0 Å². The molecule has 0 spiro atoms. The van der Waals surface area contributed by atoms with Gasteiger partial charge < -0.3 is 10.3 Å². The molecule has 0 fully saturated rings. The third-order valence-electron chi connectivity index (χ3n) is 2.34. The Morgan fingerprint density at radius 1 is 1.47 bits per heavy atom. The third-order valence-corrected chi connectivity index (χ3v) is 2.34. The maximum absolute atomic E-state index is 13.3. The number of nitrogen functional groups attached to an aromatic ring is 1. The van der Waals surface area contributed by atoms with Crippen molar-refractivity contribution in [1.82, 2.24) is 9.55 Å². The zero-order chi connectivity index (χ0) is 10.8. The SMILES string of the molecule is Cc1ccc(Cn2ccnc2N)cc1F. The van der Waals surface area contributed by atoms with Crippen LogP contribution in [0.4, 0.5) is 10.3 Å². The van der Waals surface area contributed by atoms with E-state index in [1.165, 1.54) is 6.07 Å². The summed E-state index contributed by atoms with van der Waals surface area (Å²) in [5.74, 6) is 0.252. The van der Waals surface area contributed by atoms with Crippen molar-refractivity contribution in [1.29, 1.82) is 0 Å². The van der Waals surface area contributed by atoms with Gasteiger partial charge in [-0.3, -0.25) is 0 Å². The Hall–Kier alpha value is -1.84. The molecule has 3 nitrogen and oxygen atoms in total. The van der Waals surface area contributed by atoms with Gasteiger partial charge in [0.1, 0.15) is 5.82 Å². The van der Waals surface area contributed by atoms with E-state index in [1.807, 2.05) is 6.07 Å². The molecule has 4 heteroatoms. The number of nitrogens with two attached hydrogens (primary N) is 1. The quantitative estimate of drug-likeness (QED) is 0.814. The van der Waals surface area contributed by atoms with Crippen LogP contribution in [0.1, 0.15) is 11.1 Å². The number of rotatable bonds is 2. The molecule has 0 atom stereocenters. The first kappa shape index (κ1) is 9.71. The van der Waals surface area contributed by atoms with Gasteiger partial charge in [-0.1, -0.05) is 12.1 Å². The number of benzene rings is 1. The normalized spacial score (nSPS) is 10.5. The predicted octanol–water partition coefficient (Wildman–Crippen LogP) is 1.96. The second kappa shape index (κ2) is 3.73. The number of aryl methyl sites for hydroxylation is 1. The van der Waals surface area contributed by atoms with Crippen LogP contribution in [0.3, 0.4) is 0 Å². The van der Waals surface area contributed by atoms with Gasteiger partial charge in [-0.05, 0) is 24.1 Å². The van der Waals surface area contributed by atoms with Crippen LogP contribution in [0.2, 0.25) is 0 Å². The van der Waals surface area contributed by atoms with E-state index in [1.54, 1.807) is 30.0 Å². The molecule has 0 saturated heterocycles. The van der Waals surface area contributed by atoms with Crippen molar-refractivity contribution >= 4 is 5.95 Å². The first-order valence-electron chi connectivity index (χ1n) is 4.68. The van der Waals surface area contributed by atoms with Crippen molar-refractivity contribution < 1.29 is 4.39 Å². The van der Waals surface area contributed by atoms with Crippen LogP contribution in [-0.2, 0) is 6.54 Å². The van der Waals surface area contributed by atoms with Crippen LogP contribution in [0, 0.1) is 12.7 Å². The number of hydrogen-bond acceptors (Lipinski definition) is 2. The molecule has 1 aromatic carbocycles. The lowest BCUT2D eigenvalue weighted by Gasteiger charge is -2.05. The molecule has 0 aliphatic rings. The van der Waals surface area contributed by atoms with Crippen molar-refractivity contribution in [3.8, 4) is 0 Å². The van der Waals surface area contributed by atoms with E-state index in [0.29, 0.717) is 18.1 Å². The predicted molar refractivity (Wildman–Crippen MR) is 56.9 cm³/mol. The summed E-state index contributed by atoms with van der Waals surface area (Å²) in [5, 5.41) is 0. The highest BCUT2D eigenvalue weighted by Crippen LogP contribution is 2.11. The Kier molecular flexibility index (Phi) is 2.41. The van der Waals surface area contributed by atoms with Gasteiger partial charge in [0.25, 0.3) is 0 Å². The van der Waals surface area contributed by atoms with Crippen molar-refractivity contribution in [3.63, 3.8) is 0 Å². The van der Waals surface area contributed by atoms with E-state index in [-0.39, 0.29) is 5.82 Å². The van der Waals surface area contributed by atoms with Crippen LogP contribution in [0.5, 0.6) is 0 Å². The summed E-state index contributed by atoms with van der Waals surface area (Å²) < 4.78 is 15.0. The Balaban J connectivity index is 2.25. The minimum Gasteiger partial charge on any atom is -0.369 e. The lowest BCUT2D eigenvalue weighted by molar-refractivity contribution is 0.614. The summed E-state index contributed by atoms with van der Waals surface area (Å²) in [6.07, 6.45) is 3.40. The Labute approximate surface area is 87.4 Å². The van der Waals surface area contributed by atoms with Gasteiger partial charge in [-0.2, -0.15) is 0 Å². The van der Waals surface area contributed by atoms with Crippen molar-refractivity contribution in [3.05, 3.63) is 47.5 Å². The van der Waals surface area contributed by atoms with Gasteiger partial charge in [0.2, 0.25) is 0 Å². The fraction of sp³-hybridized carbons (Fsp3) is 0.182. The van der Waals surface area contributed by atoms with E-state index in [9.17, 15) is 4.39 Å². The Morgan fingerprint density at radius 3 is 2.87 bits per heavy atom. The number of halogens is 1. The number of imidazole rings is 1.